The fraction of sp³-hybridized carbons (Fsp3) is 0.273. The Labute approximate surface area is 93.4 Å². The van der Waals surface area contributed by atoms with Gasteiger partial charge in [-0.1, -0.05) is 12.1 Å². The first-order valence-electron chi connectivity index (χ1n) is 5.10. The predicted molar refractivity (Wildman–Crippen MR) is 60.9 cm³/mol. The van der Waals surface area contributed by atoms with Crippen molar-refractivity contribution in [1.82, 2.24) is 5.43 Å². The van der Waals surface area contributed by atoms with Gasteiger partial charge < -0.3 is 5.32 Å². The molecule has 0 aliphatic carbocycles. The molecule has 1 aliphatic rings. The lowest BCUT2D eigenvalue weighted by atomic mass is 10.2. The molecule has 84 valence electrons. The van der Waals surface area contributed by atoms with Gasteiger partial charge >= 0.3 is 0 Å². The van der Waals surface area contributed by atoms with Gasteiger partial charge in [-0.3, -0.25) is 20.0 Å². The number of carbonyl (C=O) groups is 2. The summed E-state index contributed by atoms with van der Waals surface area (Å²) in [4.78, 5) is 22.1. The zero-order valence-electron chi connectivity index (χ0n) is 8.99. The lowest BCUT2D eigenvalue weighted by molar-refractivity contribution is -0.119. The van der Waals surface area contributed by atoms with Gasteiger partial charge in [0, 0.05) is 19.9 Å². The molecule has 1 fully saturated rings. The van der Waals surface area contributed by atoms with Crippen LogP contribution in [0, 0.1) is 0 Å². The standard InChI is InChI=1S/C11H13N3O2/c1-8(15)12-9-4-2-3-5-10(9)14-7-6-11(16)13-14/h2-5H,6-7H2,1H3,(H,12,15)(H,13,16). The Bertz CT molecular complexity index is 431. The second-order valence-electron chi connectivity index (χ2n) is 3.63. The van der Waals surface area contributed by atoms with E-state index in [0.29, 0.717) is 18.7 Å². The summed E-state index contributed by atoms with van der Waals surface area (Å²) in [6, 6.07) is 7.37. The highest BCUT2D eigenvalue weighted by Gasteiger charge is 2.20. The molecular weight excluding hydrogens is 206 g/mol. The van der Waals surface area contributed by atoms with E-state index in [0.717, 1.165) is 5.69 Å². The van der Waals surface area contributed by atoms with Gasteiger partial charge in [0.05, 0.1) is 11.4 Å². The van der Waals surface area contributed by atoms with Crippen LogP contribution in [0.3, 0.4) is 0 Å². The first-order valence-corrected chi connectivity index (χ1v) is 5.10. The average molecular weight is 219 g/mol. The zero-order valence-corrected chi connectivity index (χ0v) is 8.99. The van der Waals surface area contributed by atoms with Crippen LogP contribution in [0.1, 0.15) is 13.3 Å². The van der Waals surface area contributed by atoms with Crippen molar-refractivity contribution in [2.45, 2.75) is 13.3 Å². The van der Waals surface area contributed by atoms with Crippen LogP contribution in [-0.2, 0) is 9.59 Å². The number of para-hydroxylation sites is 2. The molecule has 16 heavy (non-hydrogen) atoms. The molecule has 1 aliphatic heterocycles. The van der Waals surface area contributed by atoms with Gasteiger partial charge in [-0.05, 0) is 12.1 Å². The quantitative estimate of drug-likeness (QED) is 0.776. The number of nitrogens with zero attached hydrogens (tertiary/aromatic N) is 1. The summed E-state index contributed by atoms with van der Waals surface area (Å²) >= 11 is 0. The minimum absolute atomic E-state index is 0.00220. The minimum atomic E-state index is -0.127. The Kier molecular flexibility index (Phi) is 2.76. The van der Waals surface area contributed by atoms with Crippen LogP contribution in [-0.4, -0.2) is 18.4 Å². The predicted octanol–water partition coefficient (Wildman–Crippen LogP) is 0.886. The Morgan fingerprint density at radius 3 is 2.81 bits per heavy atom. The largest absolute Gasteiger partial charge is 0.324 e. The first-order chi connectivity index (χ1) is 7.66. The number of benzene rings is 1. The van der Waals surface area contributed by atoms with Crippen molar-refractivity contribution < 1.29 is 9.59 Å². The van der Waals surface area contributed by atoms with Crippen LogP contribution in [0.25, 0.3) is 0 Å². The van der Waals surface area contributed by atoms with Gasteiger partial charge in [0.1, 0.15) is 0 Å². The number of nitrogens with one attached hydrogen (secondary N) is 2. The molecule has 1 saturated heterocycles. The van der Waals surface area contributed by atoms with Gasteiger partial charge in [-0.2, -0.15) is 0 Å². The fourth-order valence-corrected chi connectivity index (χ4v) is 1.66. The van der Waals surface area contributed by atoms with E-state index in [2.05, 4.69) is 10.7 Å². The van der Waals surface area contributed by atoms with Crippen molar-refractivity contribution >= 4 is 23.2 Å². The SMILES string of the molecule is CC(=O)Nc1ccccc1N1CCC(=O)N1. The lowest BCUT2D eigenvalue weighted by Gasteiger charge is -2.20. The third kappa shape index (κ3) is 2.13. The van der Waals surface area contributed by atoms with Crippen molar-refractivity contribution in [2.24, 2.45) is 0 Å². The van der Waals surface area contributed by atoms with E-state index in [1.807, 2.05) is 18.2 Å². The normalized spacial score (nSPS) is 14.8. The maximum Gasteiger partial charge on any atom is 0.240 e. The maximum atomic E-state index is 11.1. The van der Waals surface area contributed by atoms with Gasteiger partial charge in [0.15, 0.2) is 0 Å². The zero-order chi connectivity index (χ0) is 11.5. The highest BCUT2D eigenvalue weighted by atomic mass is 16.2. The van der Waals surface area contributed by atoms with Crippen molar-refractivity contribution in [2.75, 3.05) is 16.9 Å². The van der Waals surface area contributed by atoms with Crippen LogP contribution < -0.4 is 15.8 Å². The van der Waals surface area contributed by atoms with E-state index >= 15 is 0 Å². The molecule has 5 heteroatoms. The van der Waals surface area contributed by atoms with Crippen LogP contribution >= 0.6 is 0 Å². The number of rotatable bonds is 2. The van der Waals surface area contributed by atoms with E-state index in [9.17, 15) is 9.59 Å². The number of amides is 2. The number of hydrazine groups is 1. The van der Waals surface area contributed by atoms with E-state index in [1.165, 1.54) is 6.92 Å². The van der Waals surface area contributed by atoms with E-state index < -0.39 is 0 Å². The summed E-state index contributed by atoms with van der Waals surface area (Å²) in [6.45, 7) is 2.08. The molecule has 0 bridgehead atoms. The molecule has 0 spiro atoms. The van der Waals surface area contributed by atoms with E-state index in [4.69, 9.17) is 0 Å². The first kappa shape index (κ1) is 10.5. The van der Waals surface area contributed by atoms with Crippen molar-refractivity contribution in [3.63, 3.8) is 0 Å². The smallest absolute Gasteiger partial charge is 0.240 e. The summed E-state index contributed by atoms with van der Waals surface area (Å²) in [5.41, 5.74) is 4.24. The third-order valence-electron chi connectivity index (χ3n) is 2.33. The second kappa shape index (κ2) is 4.22. The van der Waals surface area contributed by atoms with Crippen LogP contribution in [0.4, 0.5) is 11.4 Å². The van der Waals surface area contributed by atoms with E-state index in [-0.39, 0.29) is 11.8 Å². The molecule has 0 radical (unpaired) electrons. The Balaban J connectivity index is 2.25. The highest BCUT2D eigenvalue weighted by molar-refractivity contribution is 5.93. The topological polar surface area (TPSA) is 61.4 Å². The maximum absolute atomic E-state index is 11.1. The molecule has 1 heterocycles. The molecule has 0 unspecified atom stereocenters. The highest BCUT2D eigenvalue weighted by Crippen LogP contribution is 2.25. The Hall–Kier alpha value is -2.04. The van der Waals surface area contributed by atoms with Gasteiger partial charge in [-0.15, -0.1) is 0 Å². The number of carbonyl (C=O) groups excluding carboxylic acids is 2. The fourth-order valence-electron chi connectivity index (χ4n) is 1.66. The van der Waals surface area contributed by atoms with Crippen LogP contribution in [0.15, 0.2) is 24.3 Å². The third-order valence-corrected chi connectivity index (χ3v) is 2.33. The molecule has 2 amide bonds. The molecule has 2 N–H and O–H groups in total. The monoisotopic (exact) mass is 219 g/mol. The number of hydrogen-bond donors (Lipinski definition) is 2. The molecule has 5 nitrogen and oxygen atoms in total. The van der Waals surface area contributed by atoms with Gasteiger partial charge in [-0.25, -0.2) is 0 Å². The van der Waals surface area contributed by atoms with Gasteiger partial charge in [0.25, 0.3) is 0 Å². The molecule has 0 aromatic heterocycles. The Morgan fingerprint density at radius 1 is 1.44 bits per heavy atom. The molecule has 0 atom stereocenters. The summed E-state index contributed by atoms with van der Waals surface area (Å²) < 4.78 is 0. The Morgan fingerprint density at radius 2 is 2.19 bits per heavy atom. The lowest BCUT2D eigenvalue weighted by Crippen LogP contribution is -2.33. The molecule has 2 rings (SSSR count). The van der Waals surface area contributed by atoms with E-state index in [1.54, 1.807) is 11.1 Å². The molecular formula is C11H13N3O2. The van der Waals surface area contributed by atoms with Crippen molar-refractivity contribution in [1.29, 1.82) is 0 Å². The molecule has 1 aromatic rings. The van der Waals surface area contributed by atoms with Gasteiger partial charge in [0.2, 0.25) is 11.8 Å². The summed E-state index contributed by atoms with van der Waals surface area (Å²) in [6.07, 6.45) is 0.481. The summed E-state index contributed by atoms with van der Waals surface area (Å²) in [5.74, 6) is -0.129. The summed E-state index contributed by atoms with van der Waals surface area (Å²) in [5, 5.41) is 4.48. The molecule has 1 aromatic carbocycles. The average Bonchev–Trinajstić information content (AvgIpc) is 2.65. The van der Waals surface area contributed by atoms with Crippen molar-refractivity contribution in [3.05, 3.63) is 24.3 Å². The molecule has 0 saturated carbocycles. The number of hydrogen-bond acceptors (Lipinski definition) is 3. The van der Waals surface area contributed by atoms with Crippen LogP contribution in [0.5, 0.6) is 0 Å². The van der Waals surface area contributed by atoms with Crippen LogP contribution in [0.2, 0.25) is 0 Å². The summed E-state index contributed by atoms with van der Waals surface area (Å²) in [7, 11) is 0. The second-order valence-corrected chi connectivity index (χ2v) is 3.63. The minimum Gasteiger partial charge on any atom is -0.324 e. The number of anilines is 2. The van der Waals surface area contributed by atoms with Crippen molar-refractivity contribution in [3.8, 4) is 0 Å².